The molecule has 0 aromatic carbocycles. The van der Waals surface area contributed by atoms with Crippen LogP contribution in [0.15, 0.2) is 12.7 Å². The van der Waals surface area contributed by atoms with Crippen molar-refractivity contribution >= 4 is 5.97 Å². The van der Waals surface area contributed by atoms with Crippen LogP contribution in [-0.2, 0) is 4.79 Å². The second-order valence-electron chi connectivity index (χ2n) is 1.97. The van der Waals surface area contributed by atoms with Crippen LogP contribution in [0.25, 0.3) is 0 Å². The Labute approximate surface area is 60.7 Å². The van der Waals surface area contributed by atoms with Gasteiger partial charge in [0.2, 0.25) is 0 Å². The summed E-state index contributed by atoms with van der Waals surface area (Å²) < 4.78 is 0. The Hall–Kier alpha value is -0.830. The summed E-state index contributed by atoms with van der Waals surface area (Å²) in [7, 11) is 0. The minimum Gasteiger partial charge on any atom is -0.480 e. The summed E-state index contributed by atoms with van der Waals surface area (Å²) in [5.41, 5.74) is 0. The lowest BCUT2D eigenvalue weighted by atomic mass is 10.2. The van der Waals surface area contributed by atoms with Crippen LogP contribution in [0, 0.1) is 0 Å². The Morgan fingerprint density at radius 2 is 2.50 bits per heavy atom. The predicted octanol–water partition coefficient (Wildman–Crippen LogP) is 0.625. The Bertz CT molecular complexity index is 123. The first kappa shape index (κ1) is 9.17. The standard InChI is InChI=1S/C7H13NO2/c1-3-5-6(7(9)10)8-4-2/h3,6,8H,1,4-5H2,2H3,(H,9,10)/t6-/m0/s1. The zero-order chi connectivity index (χ0) is 7.98. The van der Waals surface area contributed by atoms with Gasteiger partial charge in [-0.05, 0) is 13.0 Å². The van der Waals surface area contributed by atoms with Crippen molar-refractivity contribution in [1.29, 1.82) is 0 Å². The summed E-state index contributed by atoms with van der Waals surface area (Å²) in [5, 5.41) is 11.3. The van der Waals surface area contributed by atoms with Crippen LogP contribution in [-0.4, -0.2) is 23.7 Å². The molecule has 0 aliphatic carbocycles. The van der Waals surface area contributed by atoms with Gasteiger partial charge in [0.25, 0.3) is 0 Å². The molecule has 10 heavy (non-hydrogen) atoms. The Kier molecular flexibility index (Phi) is 4.58. The van der Waals surface area contributed by atoms with Crippen molar-refractivity contribution in [2.75, 3.05) is 6.54 Å². The van der Waals surface area contributed by atoms with E-state index in [0.717, 1.165) is 0 Å². The topological polar surface area (TPSA) is 49.3 Å². The van der Waals surface area contributed by atoms with Gasteiger partial charge in [0.1, 0.15) is 6.04 Å². The second kappa shape index (κ2) is 4.99. The van der Waals surface area contributed by atoms with E-state index >= 15 is 0 Å². The summed E-state index contributed by atoms with van der Waals surface area (Å²) in [6.07, 6.45) is 2.07. The van der Waals surface area contributed by atoms with Gasteiger partial charge in [-0.25, -0.2) is 0 Å². The average molecular weight is 143 g/mol. The third-order valence-corrected chi connectivity index (χ3v) is 1.15. The summed E-state index contributed by atoms with van der Waals surface area (Å²) in [4.78, 5) is 10.4. The van der Waals surface area contributed by atoms with E-state index in [1.165, 1.54) is 0 Å². The van der Waals surface area contributed by atoms with Gasteiger partial charge in [0, 0.05) is 0 Å². The maximum absolute atomic E-state index is 10.4. The summed E-state index contributed by atoms with van der Waals surface area (Å²) >= 11 is 0. The molecule has 0 aromatic heterocycles. The van der Waals surface area contributed by atoms with Crippen LogP contribution in [0.2, 0.25) is 0 Å². The van der Waals surface area contributed by atoms with Crippen LogP contribution in [0.3, 0.4) is 0 Å². The Balaban J connectivity index is 3.71. The van der Waals surface area contributed by atoms with Crippen LogP contribution in [0.1, 0.15) is 13.3 Å². The Morgan fingerprint density at radius 1 is 1.90 bits per heavy atom. The smallest absolute Gasteiger partial charge is 0.321 e. The molecule has 1 atom stereocenters. The van der Waals surface area contributed by atoms with Gasteiger partial charge in [0.15, 0.2) is 0 Å². The van der Waals surface area contributed by atoms with E-state index in [1.807, 2.05) is 6.92 Å². The van der Waals surface area contributed by atoms with Crippen molar-refractivity contribution < 1.29 is 9.90 Å². The molecule has 0 saturated heterocycles. The summed E-state index contributed by atoms with van der Waals surface area (Å²) in [5.74, 6) is -0.818. The molecule has 0 saturated carbocycles. The minimum absolute atomic E-state index is 0.470. The molecule has 0 unspecified atom stereocenters. The van der Waals surface area contributed by atoms with Crippen LogP contribution >= 0.6 is 0 Å². The Morgan fingerprint density at radius 3 is 2.80 bits per heavy atom. The highest BCUT2D eigenvalue weighted by atomic mass is 16.4. The van der Waals surface area contributed by atoms with Gasteiger partial charge >= 0.3 is 5.97 Å². The van der Waals surface area contributed by atoms with E-state index in [2.05, 4.69) is 11.9 Å². The first-order valence-corrected chi connectivity index (χ1v) is 3.29. The lowest BCUT2D eigenvalue weighted by Gasteiger charge is -2.08. The SMILES string of the molecule is C=CC[C@H](NCC)C(=O)O. The molecule has 3 nitrogen and oxygen atoms in total. The van der Waals surface area contributed by atoms with Gasteiger partial charge in [-0.1, -0.05) is 13.0 Å². The second-order valence-corrected chi connectivity index (χ2v) is 1.97. The van der Waals surface area contributed by atoms with Crippen LogP contribution in [0.5, 0.6) is 0 Å². The molecule has 0 radical (unpaired) electrons. The highest BCUT2D eigenvalue weighted by molar-refractivity contribution is 5.73. The molecular formula is C7H13NO2. The minimum atomic E-state index is -0.818. The molecule has 0 amide bonds. The largest absolute Gasteiger partial charge is 0.480 e. The monoisotopic (exact) mass is 143 g/mol. The van der Waals surface area contributed by atoms with Gasteiger partial charge < -0.3 is 10.4 Å². The zero-order valence-electron chi connectivity index (χ0n) is 6.13. The van der Waals surface area contributed by atoms with E-state index in [1.54, 1.807) is 6.08 Å². The number of carboxylic acids is 1. The first-order valence-electron chi connectivity index (χ1n) is 3.29. The van der Waals surface area contributed by atoms with E-state index in [0.29, 0.717) is 13.0 Å². The molecule has 0 bridgehead atoms. The van der Waals surface area contributed by atoms with Crippen molar-refractivity contribution in [3.63, 3.8) is 0 Å². The number of carbonyl (C=O) groups is 1. The lowest BCUT2D eigenvalue weighted by molar-refractivity contribution is -0.139. The molecule has 0 spiro atoms. The number of carboxylic acid groups (broad SMARTS) is 1. The van der Waals surface area contributed by atoms with Crippen LogP contribution < -0.4 is 5.32 Å². The molecule has 0 heterocycles. The van der Waals surface area contributed by atoms with E-state index in [4.69, 9.17) is 5.11 Å². The quantitative estimate of drug-likeness (QED) is 0.555. The van der Waals surface area contributed by atoms with Crippen molar-refractivity contribution in [2.24, 2.45) is 0 Å². The van der Waals surface area contributed by atoms with Crippen molar-refractivity contribution in [3.05, 3.63) is 12.7 Å². The van der Waals surface area contributed by atoms with Gasteiger partial charge in [0.05, 0.1) is 0 Å². The molecule has 0 aliphatic heterocycles. The molecular weight excluding hydrogens is 130 g/mol. The number of aliphatic carboxylic acids is 1. The molecule has 2 N–H and O–H groups in total. The highest BCUT2D eigenvalue weighted by Crippen LogP contribution is 1.91. The number of hydrogen-bond acceptors (Lipinski definition) is 2. The fourth-order valence-electron chi connectivity index (χ4n) is 0.685. The number of likely N-dealkylation sites (N-methyl/N-ethyl adjacent to an activating group) is 1. The van der Waals surface area contributed by atoms with Crippen molar-refractivity contribution in [1.82, 2.24) is 5.32 Å². The number of hydrogen-bond donors (Lipinski definition) is 2. The summed E-state index contributed by atoms with van der Waals surface area (Å²) in [6.45, 7) is 6.01. The molecule has 0 rings (SSSR count). The first-order chi connectivity index (χ1) is 4.72. The third-order valence-electron chi connectivity index (χ3n) is 1.15. The summed E-state index contributed by atoms with van der Waals surface area (Å²) in [6, 6.07) is -0.470. The molecule has 3 heteroatoms. The molecule has 0 aromatic rings. The molecule has 0 fully saturated rings. The van der Waals surface area contributed by atoms with E-state index < -0.39 is 12.0 Å². The molecule has 58 valence electrons. The van der Waals surface area contributed by atoms with Gasteiger partial charge in [-0.2, -0.15) is 0 Å². The average Bonchev–Trinajstić information content (AvgIpc) is 1.87. The van der Waals surface area contributed by atoms with Crippen LogP contribution in [0.4, 0.5) is 0 Å². The maximum Gasteiger partial charge on any atom is 0.321 e. The van der Waals surface area contributed by atoms with Crippen molar-refractivity contribution in [2.45, 2.75) is 19.4 Å². The maximum atomic E-state index is 10.4. The number of nitrogens with one attached hydrogen (secondary N) is 1. The van der Waals surface area contributed by atoms with Crippen molar-refractivity contribution in [3.8, 4) is 0 Å². The normalized spacial score (nSPS) is 12.5. The highest BCUT2D eigenvalue weighted by Gasteiger charge is 2.12. The fraction of sp³-hybridized carbons (Fsp3) is 0.571. The van der Waals surface area contributed by atoms with E-state index in [9.17, 15) is 4.79 Å². The zero-order valence-corrected chi connectivity index (χ0v) is 6.13. The fourth-order valence-corrected chi connectivity index (χ4v) is 0.685. The van der Waals surface area contributed by atoms with Gasteiger partial charge in [-0.15, -0.1) is 6.58 Å². The number of rotatable bonds is 5. The third kappa shape index (κ3) is 3.25. The molecule has 0 aliphatic rings. The van der Waals surface area contributed by atoms with Gasteiger partial charge in [-0.3, -0.25) is 4.79 Å². The lowest BCUT2D eigenvalue weighted by Crippen LogP contribution is -2.35. The van der Waals surface area contributed by atoms with E-state index in [-0.39, 0.29) is 0 Å². The predicted molar refractivity (Wildman–Crippen MR) is 39.9 cm³/mol.